The first-order valence-corrected chi connectivity index (χ1v) is 4.30. The lowest BCUT2D eigenvalue weighted by Crippen LogP contribution is -2.01. The highest BCUT2D eigenvalue weighted by Gasteiger charge is 2.10. The third-order valence-electron chi connectivity index (χ3n) is 2.09. The van der Waals surface area contributed by atoms with Crippen molar-refractivity contribution < 1.29 is 14.7 Å². The van der Waals surface area contributed by atoms with Crippen molar-refractivity contribution in [3.8, 4) is 0 Å². The summed E-state index contributed by atoms with van der Waals surface area (Å²) in [6.07, 6.45) is 0.541. The largest absolute Gasteiger partial charge is 0.478 e. The number of fused-ring (bicyclic) bond motifs is 1. The Kier molecular flexibility index (Phi) is 2.17. The van der Waals surface area contributed by atoms with E-state index in [2.05, 4.69) is 4.98 Å². The van der Waals surface area contributed by atoms with Gasteiger partial charge in [0.05, 0.1) is 11.1 Å². The Balaban J connectivity index is 2.86. The molecule has 0 amide bonds. The fourth-order valence-corrected chi connectivity index (χ4v) is 1.43. The first kappa shape index (κ1) is 9.33. The van der Waals surface area contributed by atoms with E-state index in [1.165, 1.54) is 6.07 Å². The number of aldehydes is 1. The van der Waals surface area contributed by atoms with Gasteiger partial charge in [0.15, 0.2) is 6.29 Å². The van der Waals surface area contributed by atoms with Crippen LogP contribution in [0.4, 0.5) is 0 Å². The minimum atomic E-state index is -1.06. The molecule has 0 radical (unpaired) electrons. The van der Waals surface area contributed by atoms with Gasteiger partial charge in [0.1, 0.15) is 5.69 Å². The van der Waals surface area contributed by atoms with Gasteiger partial charge in [0, 0.05) is 5.39 Å². The molecule has 0 saturated carbocycles. The Bertz CT molecular complexity index is 549. The minimum Gasteiger partial charge on any atom is -0.478 e. The molecule has 0 saturated heterocycles. The Morgan fingerprint density at radius 2 is 2.07 bits per heavy atom. The van der Waals surface area contributed by atoms with E-state index in [-0.39, 0.29) is 11.3 Å². The van der Waals surface area contributed by atoms with Crippen LogP contribution in [0.2, 0.25) is 0 Å². The third-order valence-corrected chi connectivity index (χ3v) is 2.09. The lowest BCUT2D eigenvalue weighted by molar-refractivity contribution is 0.0699. The molecular formula is C11H7NO3. The van der Waals surface area contributed by atoms with E-state index in [0.29, 0.717) is 17.2 Å². The number of rotatable bonds is 2. The van der Waals surface area contributed by atoms with Gasteiger partial charge in [-0.2, -0.15) is 0 Å². The maximum absolute atomic E-state index is 10.9. The summed E-state index contributed by atoms with van der Waals surface area (Å²) in [5, 5.41) is 9.50. The molecule has 4 heteroatoms. The Hall–Kier alpha value is -2.23. The molecule has 0 spiro atoms. The molecule has 1 aromatic heterocycles. The number of carbonyl (C=O) groups excluding carboxylic acids is 1. The van der Waals surface area contributed by atoms with Crippen molar-refractivity contribution in [1.29, 1.82) is 0 Å². The standard InChI is InChI=1S/C11H7NO3/c13-6-7-5-9(11(14)15)8-3-1-2-4-10(8)12-7/h1-6H,(H,14,15). The Morgan fingerprint density at radius 3 is 2.73 bits per heavy atom. The van der Waals surface area contributed by atoms with Crippen molar-refractivity contribution >= 4 is 23.2 Å². The highest BCUT2D eigenvalue weighted by atomic mass is 16.4. The van der Waals surface area contributed by atoms with E-state index >= 15 is 0 Å². The number of hydrogen-bond donors (Lipinski definition) is 1. The molecule has 1 N–H and O–H groups in total. The first-order valence-electron chi connectivity index (χ1n) is 4.30. The SMILES string of the molecule is O=Cc1cc(C(=O)O)c2ccccc2n1. The predicted molar refractivity (Wildman–Crippen MR) is 54.1 cm³/mol. The van der Waals surface area contributed by atoms with Crippen molar-refractivity contribution in [3.63, 3.8) is 0 Å². The number of pyridine rings is 1. The lowest BCUT2D eigenvalue weighted by Gasteiger charge is -2.02. The molecule has 1 heterocycles. The molecule has 0 aliphatic heterocycles. The smallest absolute Gasteiger partial charge is 0.336 e. The molecule has 0 atom stereocenters. The second-order valence-electron chi connectivity index (χ2n) is 3.03. The van der Waals surface area contributed by atoms with Crippen LogP contribution in [0.25, 0.3) is 10.9 Å². The van der Waals surface area contributed by atoms with Crippen LogP contribution >= 0.6 is 0 Å². The summed E-state index contributed by atoms with van der Waals surface area (Å²) >= 11 is 0. The van der Waals surface area contributed by atoms with E-state index in [1.54, 1.807) is 24.3 Å². The van der Waals surface area contributed by atoms with E-state index in [1.807, 2.05) is 0 Å². The summed E-state index contributed by atoms with van der Waals surface area (Å²) in [6.45, 7) is 0. The number of carboxylic acid groups (broad SMARTS) is 1. The van der Waals surface area contributed by atoms with Gasteiger partial charge in [-0.15, -0.1) is 0 Å². The van der Waals surface area contributed by atoms with Crippen molar-refractivity contribution in [2.45, 2.75) is 0 Å². The molecule has 74 valence electrons. The molecule has 0 aliphatic rings. The number of hydrogen-bond acceptors (Lipinski definition) is 3. The highest BCUT2D eigenvalue weighted by molar-refractivity contribution is 6.03. The number of para-hydroxylation sites is 1. The Morgan fingerprint density at radius 1 is 1.33 bits per heavy atom. The van der Waals surface area contributed by atoms with Crippen LogP contribution in [0.3, 0.4) is 0 Å². The molecule has 2 aromatic rings. The van der Waals surface area contributed by atoms with Gasteiger partial charge >= 0.3 is 5.97 Å². The molecule has 1 aromatic carbocycles. The van der Waals surface area contributed by atoms with Crippen LogP contribution in [0.15, 0.2) is 30.3 Å². The van der Waals surface area contributed by atoms with Gasteiger partial charge < -0.3 is 5.11 Å². The van der Waals surface area contributed by atoms with Crippen molar-refractivity contribution in [1.82, 2.24) is 4.98 Å². The second kappa shape index (κ2) is 3.49. The summed E-state index contributed by atoms with van der Waals surface area (Å²) in [5.41, 5.74) is 0.744. The molecule has 0 aliphatic carbocycles. The molecule has 0 unspecified atom stereocenters. The van der Waals surface area contributed by atoms with Gasteiger partial charge in [-0.3, -0.25) is 4.79 Å². The molecule has 0 fully saturated rings. The molecule has 4 nitrogen and oxygen atoms in total. The van der Waals surface area contributed by atoms with Crippen LogP contribution in [0.1, 0.15) is 20.8 Å². The number of aromatic nitrogens is 1. The normalized spacial score (nSPS) is 10.1. The van der Waals surface area contributed by atoms with Gasteiger partial charge in [-0.25, -0.2) is 9.78 Å². The van der Waals surface area contributed by atoms with E-state index < -0.39 is 5.97 Å². The number of carbonyl (C=O) groups is 2. The van der Waals surface area contributed by atoms with E-state index in [4.69, 9.17) is 5.11 Å². The highest BCUT2D eigenvalue weighted by Crippen LogP contribution is 2.17. The van der Waals surface area contributed by atoms with Crippen LogP contribution in [-0.4, -0.2) is 22.3 Å². The van der Waals surface area contributed by atoms with E-state index in [0.717, 1.165) is 0 Å². The van der Waals surface area contributed by atoms with Crippen molar-refractivity contribution in [2.24, 2.45) is 0 Å². The molecule has 0 bridgehead atoms. The van der Waals surface area contributed by atoms with Gasteiger partial charge in [0.2, 0.25) is 0 Å². The molecule has 15 heavy (non-hydrogen) atoms. The zero-order valence-corrected chi connectivity index (χ0v) is 7.68. The topological polar surface area (TPSA) is 67.3 Å². The average Bonchev–Trinajstić information content (AvgIpc) is 2.27. The zero-order valence-electron chi connectivity index (χ0n) is 7.68. The molecule has 2 rings (SSSR count). The quantitative estimate of drug-likeness (QED) is 0.751. The van der Waals surface area contributed by atoms with Gasteiger partial charge in [-0.05, 0) is 12.1 Å². The average molecular weight is 201 g/mol. The summed E-state index contributed by atoms with van der Waals surface area (Å²) < 4.78 is 0. The summed E-state index contributed by atoms with van der Waals surface area (Å²) in [7, 11) is 0. The monoisotopic (exact) mass is 201 g/mol. The number of nitrogens with zero attached hydrogens (tertiary/aromatic N) is 1. The fourth-order valence-electron chi connectivity index (χ4n) is 1.43. The summed E-state index contributed by atoms with van der Waals surface area (Å²) in [4.78, 5) is 25.5. The van der Waals surface area contributed by atoms with Crippen molar-refractivity contribution in [2.75, 3.05) is 0 Å². The van der Waals surface area contributed by atoms with Gasteiger partial charge in [-0.1, -0.05) is 18.2 Å². The lowest BCUT2D eigenvalue weighted by atomic mass is 10.1. The fraction of sp³-hybridized carbons (Fsp3) is 0. The van der Waals surface area contributed by atoms with Crippen LogP contribution < -0.4 is 0 Å². The third kappa shape index (κ3) is 1.57. The van der Waals surface area contributed by atoms with Gasteiger partial charge in [0.25, 0.3) is 0 Å². The number of benzene rings is 1. The first-order chi connectivity index (χ1) is 7.22. The van der Waals surface area contributed by atoms with E-state index in [9.17, 15) is 9.59 Å². The number of carboxylic acids is 1. The van der Waals surface area contributed by atoms with Crippen LogP contribution in [-0.2, 0) is 0 Å². The Labute approximate surface area is 85.2 Å². The summed E-state index contributed by atoms with van der Waals surface area (Å²) in [6, 6.07) is 8.10. The van der Waals surface area contributed by atoms with Crippen molar-refractivity contribution in [3.05, 3.63) is 41.6 Å². The maximum Gasteiger partial charge on any atom is 0.336 e. The number of aromatic carboxylic acids is 1. The summed E-state index contributed by atoms with van der Waals surface area (Å²) in [5.74, 6) is -1.06. The zero-order chi connectivity index (χ0) is 10.8. The maximum atomic E-state index is 10.9. The molecular weight excluding hydrogens is 194 g/mol. The van der Waals surface area contributed by atoms with Crippen LogP contribution in [0.5, 0.6) is 0 Å². The minimum absolute atomic E-state index is 0.0997. The van der Waals surface area contributed by atoms with Crippen LogP contribution in [0, 0.1) is 0 Å². The predicted octanol–water partition coefficient (Wildman–Crippen LogP) is 1.75. The second-order valence-corrected chi connectivity index (χ2v) is 3.03.